The Morgan fingerprint density at radius 1 is 1.14 bits per heavy atom. The fourth-order valence-electron chi connectivity index (χ4n) is 3.76. The standard InChI is InChI=1S/C18H22N4/c19-16-3-1-2-14(22-16)12-7-4-11(5-8-12)6-9-15-17-13(10-21-15)18(17)20/h1-5,7-8,13,15,17-18,21H,6,9-10,20H2,(H2,19,22). The first-order valence-electron chi connectivity index (χ1n) is 8.03. The maximum absolute atomic E-state index is 6.07. The van der Waals surface area contributed by atoms with Gasteiger partial charge in [0.2, 0.25) is 0 Å². The van der Waals surface area contributed by atoms with Crippen LogP contribution in [0.15, 0.2) is 42.5 Å². The highest BCUT2D eigenvalue weighted by Gasteiger charge is 2.55. The lowest BCUT2D eigenvalue weighted by Crippen LogP contribution is -2.32. The molecular weight excluding hydrogens is 272 g/mol. The van der Waals surface area contributed by atoms with Crippen LogP contribution < -0.4 is 16.8 Å². The van der Waals surface area contributed by atoms with Gasteiger partial charge in [-0.25, -0.2) is 4.98 Å². The van der Waals surface area contributed by atoms with Crippen LogP contribution >= 0.6 is 0 Å². The number of benzene rings is 1. The molecule has 1 aromatic heterocycles. The predicted molar refractivity (Wildman–Crippen MR) is 89.2 cm³/mol. The first-order chi connectivity index (χ1) is 10.7. The first-order valence-corrected chi connectivity index (χ1v) is 8.03. The van der Waals surface area contributed by atoms with Gasteiger partial charge in [0.1, 0.15) is 5.82 Å². The Hall–Kier alpha value is -1.91. The summed E-state index contributed by atoms with van der Waals surface area (Å²) in [6.45, 7) is 1.11. The third kappa shape index (κ3) is 2.49. The third-order valence-electron chi connectivity index (χ3n) is 5.14. The van der Waals surface area contributed by atoms with E-state index in [2.05, 4.69) is 34.6 Å². The van der Waals surface area contributed by atoms with Crippen molar-refractivity contribution in [3.63, 3.8) is 0 Å². The molecule has 5 N–H and O–H groups in total. The molecule has 4 heteroatoms. The van der Waals surface area contributed by atoms with Crippen LogP contribution in [0.25, 0.3) is 11.3 Å². The van der Waals surface area contributed by atoms with E-state index in [1.807, 2.05) is 18.2 Å². The van der Waals surface area contributed by atoms with Gasteiger partial charge in [0.05, 0.1) is 5.69 Å². The van der Waals surface area contributed by atoms with Gasteiger partial charge < -0.3 is 16.8 Å². The minimum atomic E-state index is 0.447. The summed E-state index contributed by atoms with van der Waals surface area (Å²) in [6.07, 6.45) is 2.27. The van der Waals surface area contributed by atoms with Crippen LogP contribution in [0.4, 0.5) is 5.82 Å². The van der Waals surface area contributed by atoms with Crippen molar-refractivity contribution in [1.82, 2.24) is 10.3 Å². The summed E-state index contributed by atoms with van der Waals surface area (Å²) in [5.74, 6) is 2.02. The lowest BCUT2D eigenvalue weighted by atomic mass is 10.0. The quantitative estimate of drug-likeness (QED) is 0.804. The number of pyridine rings is 1. The van der Waals surface area contributed by atoms with Crippen molar-refractivity contribution in [3.05, 3.63) is 48.0 Å². The van der Waals surface area contributed by atoms with E-state index < -0.39 is 0 Å². The molecule has 2 aromatic rings. The van der Waals surface area contributed by atoms with Gasteiger partial charge >= 0.3 is 0 Å². The maximum Gasteiger partial charge on any atom is 0.124 e. The molecule has 2 aliphatic rings. The van der Waals surface area contributed by atoms with E-state index in [1.165, 1.54) is 12.0 Å². The van der Waals surface area contributed by atoms with Crippen LogP contribution in [0.3, 0.4) is 0 Å². The highest BCUT2D eigenvalue weighted by Crippen LogP contribution is 2.45. The number of hydrogen-bond acceptors (Lipinski definition) is 4. The zero-order valence-electron chi connectivity index (χ0n) is 12.6. The molecule has 1 saturated heterocycles. The number of nitrogen functional groups attached to an aromatic ring is 1. The third-order valence-corrected chi connectivity index (χ3v) is 5.14. The van der Waals surface area contributed by atoms with Crippen LogP contribution in [-0.4, -0.2) is 23.6 Å². The number of rotatable bonds is 4. The molecule has 1 aliphatic heterocycles. The first kappa shape index (κ1) is 13.7. The Morgan fingerprint density at radius 2 is 1.95 bits per heavy atom. The van der Waals surface area contributed by atoms with Crippen molar-refractivity contribution in [2.75, 3.05) is 12.3 Å². The fraction of sp³-hybridized carbons (Fsp3) is 0.389. The Morgan fingerprint density at radius 3 is 2.64 bits per heavy atom. The number of fused-ring (bicyclic) bond motifs is 1. The maximum atomic E-state index is 6.07. The highest BCUT2D eigenvalue weighted by atomic mass is 15.1. The average Bonchev–Trinajstić information content (AvgIpc) is 2.98. The number of nitrogens with zero attached hydrogens (tertiary/aromatic N) is 1. The van der Waals surface area contributed by atoms with E-state index in [1.54, 1.807) is 0 Å². The molecule has 4 atom stereocenters. The smallest absolute Gasteiger partial charge is 0.124 e. The van der Waals surface area contributed by atoms with E-state index in [4.69, 9.17) is 11.5 Å². The van der Waals surface area contributed by atoms with Crippen LogP contribution in [0.2, 0.25) is 0 Å². The number of hydrogen-bond donors (Lipinski definition) is 3. The zero-order valence-corrected chi connectivity index (χ0v) is 12.6. The van der Waals surface area contributed by atoms with Crippen molar-refractivity contribution in [1.29, 1.82) is 0 Å². The molecule has 114 valence electrons. The largest absolute Gasteiger partial charge is 0.384 e. The van der Waals surface area contributed by atoms with Crippen molar-refractivity contribution >= 4 is 5.82 Å². The summed E-state index contributed by atoms with van der Waals surface area (Å²) in [5, 5.41) is 3.60. The minimum absolute atomic E-state index is 0.447. The van der Waals surface area contributed by atoms with Crippen LogP contribution in [0.5, 0.6) is 0 Å². The lowest BCUT2D eigenvalue weighted by molar-refractivity contribution is 0.481. The fourth-order valence-corrected chi connectivity index (χ4v) is 3.76. The molecule has 2 fully saturated rings. The second-order valence-electron chi connectivity index (χ2n) is 6.52. The van der Waals surface area contributed by atoms with E-state index in [0.717, 1.165) is 36.1 Å². The number of piperidine rings is 1. The number of nitrogens with one attached hydrogen (secondary N) is 1. The normalized spacial score (nSPS) is 29.3. The molecular formula is C18H22N4. The number of anilines is 1. The molecule has 1 aromatic carbocycles. The van der Waals surface area contributed by atoms with Gasteiger partial charge in [0.25, 0.3) is 0 Å². The van der Waals surface area contributed by atoms with Gasteiger partial charge in [-0.3, -0.25) is 0 Å². The molecule has 0 bridgehead atoms. The average molecular weight is 294 g/mol. The second kappa shape index (κ2) is 5.38. The zero-order chi connectivity index (χ0) is 15.1. The summed E-state index contributed by atoms with van der Waals surface area (Å²) < 4.78 is 0. The molecule has 4 rings (SSSR count). The Kier molecular flexibility index (Phi) is 3.36. The monoisotopic (exact) mass is 294 g/mol. The molecule has 0 radical (unpaired) electrons. The molecule has 0 amide bonds. The van der Waals surface area contributed by atoms with Gasteiger partial charge in [0.15, 0.2) is 0 Å². The lowest BCUT2D eigenvalue weighted by Gasteiger charge is -2.14. The summed E-state index contributed by atoms with van der Waals surface area (Å²) in [7, 11) is 0. The molecule has 4 unspecified atom stereocenters. The second-order valence-corrected chi connectivity index (χ2v) is 6.52. The predicted octanol–water partition coefficient (Wildman–Crippen LogP) is 1.81. The van der Waals surface area contributed by atoms with E-state index >= 15 is 0 Å². The summed E-state index contributed by atoms with van der Waals surface area (Å²) in [4.78, 5) is 4.36. The van der Waals surface area contributed by atoms with Crippen molar-refractivity contribution in [2.45, 2.75) is 24.9 Å². The number of aromatic nitrogens is 1. The van der Waals surface area contributed by atoms with Gasteiger partial charge in [0, 0.05) is 24.2 Å². The van der Waals surface area contributed by atoms with E-state index in [9.17, 15) is 0 Å². The molecule has 1 saturated carbocycles. The minimum Gasteiger partial charge on any atom is -0.384 e. The van der Waals surface area contributed by atoms with Crippen molar-refractivity contribution in [3.8, 4) is 11.3 Å². The van der Waals surface area contributed by atoms with Gasteiger partial charge in [-0.15, -0.1) is 0 Å². The molecule has 0 spiro atoms. The van der Waals surface area contributed by atoms with Gasteiger partial charge in [-0.05, 0) is 42.4 Å². The van der Waals surface area contributed by atoms with Crippen molar-refractivity contribution < 1.29 is 0 Å². The topological polar surface area (TPSA) is 77.0 Å². The molecule has 1 aliphatic carbocycles. The van der Waals surface area contributed by atoms with Crippen molar-refractivity contribution in [2.24, 2.45) is 17.6 Å². The SMILES string of the molecule is Nc1cccc(-c2ccc(CCC3NCC4C(N)C34)cc2)n1. The van der Waals surface area contributed by atoms with Crippen LogP contribution in [0, 0.1) is 11.8 Å². The van der Waals surface area contributed by atoms with Gasteiger partial charge in [-0.2, -0.15) is 0 Å². The number of aryl methyl sites for hydroxylation is 1. The molecule has 2 heterocycles. The van der Waals surface area contributed by atoms with E-state index in [-0.39, 0.29) is 0 Å². The summed E-state index contributed by atoms with van der Waals surface area (Å²) in [5.41, 5.74) is 15.2. The number of nitrogens with two attached hydrogens (primary N) is 2. The Bertz CT molecular complexity index is 667. The highest BCUT2D eigenvalue weighted by molar-refractivity contribution is 5.61. The Balaban J connectivity index is 1.40. The van der Waals surface area contributed by atoms with E-state index in [0.29, 0.717) is 17.9 Å². The molecule has 4 nitrogen and oxygen atoms in total. The Labute approximate surface area is 130 Å². The summed E-state index contributed by atoms with van der Waals surface area (Å²) in [6, 6.07) is 15.4. The van der Waals surface area contributed by atoms with Gasteiger partial charge in [-0.1, -0.05) is 30.3 Å². The van der Waals surface area contributed by atoms with Crippen LogP contribution in [0.1, 0.15) is 12.0 Å². The molecule has 22 heavy (non-hydrogen) atoms. The van der Waals surface area contributed by atoms with Crippen LogP contribution in [-0.2, 0) is 6.42 Å². The summed E-state index contributed by atoms with van der Waals surface area (Å²) >= 11 is 0.